The predicted octanol–water partition coefficient (Wildman–Crippen LogP) is 3.62. The number of rotatable bonds is 2. The fraction of sp³-hybridized carbons (Fsp3) is 0.333. The minimum absolute atomic E-state index is 0.121. The number of benzene rings is 1. The van der Waals surface area contributed by atoms with Crippen molar-refractivity contribution in [2.45, 2.75) is 17.3 Å². The molecule has 0 spiro atoms. The first-order valence-electron chi connectivity index (χ1n) is 3.83. The summed E-state index contributed by atoms with van der Waals surface area (Å²) in [6.45, 7) is 1.71. The summed E-state index contributed by atoms with van der Waals surface area (Å²) in [5.41, 5.74) is -3.54. The van der Waals surface area contributed by atoms with Crippen LogP contribution in [0.25, 0.3) is 0 Å². The summed E-state index contributed by atoms with van der Waals surface area (Å²) >= 11 is -0.121. The molecule has 0 radical (unpaired) electrons. The van der Waals surface area contributed by atoms with Gasteiger partial charge in [-0.25, -0.2) is 0 Å². The third kappa shape index (κ3) is 3.14. The van der Waals surface area contributed by atoms with Crippen LogP contribution in [0.15, 0.2) is 23.1 Å². The molecule has 0 aliphatic heterocycles. The Morgan fingerprint density at radius 1 is 1.29 bits per heavy atom. The van der Waals surface area contributed by atoms with Gasteiger partial charge in [-0.1, -0.05) is 0 Å². The fourth-order valence-electron chi connectivity index (χ4n) is 1.05. The minimum atomic E-state index is -4.24. The van der Waals surface area contributed by atoms with E-state index in [1.807, 2.05) is 0 Å². The Bertz CT molecular complexity index is 322. The topological polar surface area (TPSA) is 9.23 Å². The van der Waals surface area contributed by atoms with Gasteiger partial charge in [0, 0.05) is 4.90 Å². The molecule has 1 aromatic carbocycles. The molecule has 1 nitrogen and oxygen atoms in total. The fourth-order valence-corrected chi connectivity index (χ4v) is 1.69. The van der Waals surface area contributed by atoms with E-state index in [-0.39, 0.29) is 16.7 Å². The first-order chi connectivity index (χ1) is 6.42. The van der Waals surface area contributed by atoms with Crippen molar-refractivity contribution in [2.75, 3.05) is 7.11 Å². The zero-order valence-corrected chi connectivity index (χ0v) is 8.50. The third-order valence-electron chi connectivity index (χ3n) is 1.60. The molecule has 1 rings (SSSR count). The Morgan fingerprint density at radius 2 is 1.93 bits per heavy atom. The monoisotopic (exact) mass is 222 g/mol. The van der Waals surface area contributed by atoms with E-state index in [9.17, 15) is 13.2 Å². The number of methoxy groups -OCH3 is 1. The van der Waals surface area contributed by atoms with Crippen LogP contribution < -0.4 is 4.74 Å². The van der Waals surface area contributed by atoms with Crippen molar-refractivity contribution in [1.82, 2.24) is 0 Å². The highest BCUT2D eigenvalue weighted by Crippen LogP contribution is 2.38. The molecule has 0 aliphatic carbocycles. The first kappa shape index (κ1) is 11.2. The summed E-state index contributed by atoms with van der Waals surface area (Å²) in [6, 6.07) is 4.38. The Hall–Kier alpha value is -0.840. The maximum absolute atomic E-state index is 12.0. The Kier molecular flexibility index (Phi) is 3.31. The van der Waals surface area contributed by atoms with Crippen molar-refractivity contribution in [3.8, 4) is 5.75 Å². The van der Waals surface area contributed by atoms with Crippen molar-refractivity contribution in [1.29, 1.82) is 0 Å². The smallest absolute Gasteiger partial charge is 0.446 e. The van der Waals surface area contributed by atoms with Crippen molar-refractivity contribution in [3.05, 3.63) is 23.8 Å². The normalized spacial score (nSPS) is 11.5. The maximum Gasteiger partial charge on any atom is 0.446 e. The molecule has 0 fully saturated rings. The molecule has 0 aromatic heterocycles. The first-order valence-corrected chi connectivity index (χ1v) is 4.64. The van der Waals surface area contributed by atoms with E-state index < -0.39 is 5.51 Å². The molecule has 78 valence electrons. The van der Waals surface area contributed by atoms with Crippen LogP contribution in [0.5, 0.6) is 5.75 Å². The van der Waals surface area contributed by atoms with E-state index in [4.69, 9.17) is 4.74 Å². The van der Waals surface area contributed by atoms with Crippen LogP contribution in [0, 0.1) is 6.92 Å². The number of ether oxygens (including phenoxy) is 1. The van der Waals surface area contributed by atoms with Gasteiger partial charge in [0.05, 0.1) is 7.11 Å². The summed E-state index contributed by atoms with van der Waals surface area (Å²) in [7, 11) is 1.49. The number of thioether (sulfide) groups is 1. The van der Waals surface area contributed by atoms with E-state index >= 15 is 0 Å². The number of hydrogen-bond donors (Lipinski definition) is 0. The van der Waals surface area contributed by atoms with Crippen LogP contribution in [0.2, 0.25) is 0 Å². The molecule has 0 atom stereocenters. The lowest BCUT2D eigenvalue weighted by atomic mass is 10.2. The van der Waals surface area contributed by atoms with Gasteiger partial charge >= 0.3 is 5.51 Å². The van der Waals surface area contributed by atoms with Gasteiger partial charge in [-0.15, -0.1) is 0 Å². The summed E-state index contributed by atoms with van der Waals surface area (Å²) in [6.07, 6.45) is 0. The highest BCUT2D eigenvalue weighted by molar-refractivity contribution is 8.00. The highest BCUT2D eigenvalue weighted by Gasteiger charge is 2.29. The molecule has 5 heteroatoms. The molecule has 0 saturated carbocycles. The summed E-state index contributed by atoms with van der Waals surface area (Å²) < 4.78 is 40.9. The van der Waals surface area contributed by atoms with Crippen LogP contribution in [0.1, 0.15) is 5.56 Å². The molecule has 14 heavy (non-hydrogen) atoms. The largest absolute Gasteiger partial charge is 0.496 e. The number of hydrogen-bond acceptors (Lipinski definition) is 2. The van der Waals surface area contributed by atoms with Crippen LogP contribution in [0.4, 0.5) is 13.2 Å². The molecular formula is C9H9F3OS. The van der Waals surface area contributed by atoms with E-state index in [2.05, 4.69) is 0 Å². The Labute approximate surface area is 84.3 Å². The van der Waals surface area contributed by atoms with Crippen LogP contribution in [-0.4, -0.2) is 12.6 Å². The van der Waals surface area contributed by atoms with Gasteiger partial charge in [0.1, 0.15) is 5.75 Å². The molecule has 0 bridgehead atoms. The maximum atomic E-state index is 12.0. The molecule has 0 aliphatic rings. The Morgan fingerprint density at radius 3 is 2.36 bits per heavy atom. The lowest BCUT2D eigenvalue weighted by molar-refractivity contribution is -0.0328. The van der Waals surface area contributed by atoms with E-state index in [1.165, 1.54) is 25.3 Å². The van der Waals surface area contributed by atoms with Gasteiger partial charge in [-0.3, -0.25) is 0 Å². The predicted molar refractivity (Wildman–Crippen MR) is 49.6 cm³/mol. The second kappa shape index (κ2) is 4.13. The van der Waals surface area contributed by atoms with Crippen molar-refractivity contribution in [2.24, 2.45) is 0 Å². The second-order valence-corrected chi connectivity index (χ2v) is 3.82. The SMILES string of the molecule is COc1ccc(SC(F)(F)F)cc1C. The van der Waals surface area contributed by atoms with Gasteiger partial charge in [-0.05, 0) is 42.4 Å². The van der Waals surface area contributed by atoms with Gasteiger partial charge in [0.15, 0.2) is 0 Å². The molecule has 0 saturated heterocycles. The highest BCUT2D eigenvalue weighted by atomic mass is 32.2. The van der Waals surface area contributed by atoms with Crippen LogP contribution >= 0.6 is 11.8 Å². The van der Waals surface area contributed by atoms with Gasteiger partial charge in [-0.2, -0.15) is 13.2 Å². The number of alkyl halides is 3. The van der Waals surface area contributed by atoms with Crippen molar-refractivity contribution < 1.29 is 17.9 Å². The molecule has 1 aromatic rings. The zero-order chi connectivity index (χ0) is 10.8. The summed E-state index contributed by atoms with van der Waals surface area (Å²) in [4.78, 5) is 0.177. The molecule has 0 unspecified atom stereocenters. The minimum Gasteiger partial charge on any atom is -0.496 e. The summed E-state index contributed by atoms with van der Waals surface area (Å²) in [5, 5.41) is 0. The number of halogens is 3. The third-order valence-corrected chi connectivity index (χ3v) is 2.32. The molecule has 0 N–H and O–H groups in total. The average Bonchev–Trinajstić information content (AvgIpc) is 2.01. The lowest BCUT2D eigenvalue weighted by Gasteiger charge is -2.08. The van der Waals surface area contributed by atoms with Gasteiger partial charge in [0.25, 0.3) is 0 Å². The lowest BCUT2D eigenvalue weighted by Crippen LogP contribution is -1.99. The van der Waals surface area contributed by atoms with Gasteiger partial charge < -0.3 is 4.74 Å². The standard InChI is InChI=1S/C9H9F3OS/c1-6-5-7(14-9(10,11)12)3-4-8(6)13-2/h3-5H,1-2H3. The molecule has 0 heterocycles. The van der Waals surface area contributed by atoms with E-state index in [0.717, 1.165) is 0 Å². The average molecular weight is 222 g/mol. The van der Waals surface area contributed by atoms with E-state index in [0.29, 0.717) is 11.3 Å². The second-order valence-electron chi connectivity index (χ2n) is 2.68. The van der Waals surface area contributed by atoms with E-state index in [1.54, 1.807) is 6.92 Å². The van der Waals surface area contributed by atoms with Crippen LogP contribution in [0.3, 0.4) is 0 Å². The van der Waals surface area contributed by atoms with Crippen molar-refractivity contribution in [3.63, 3.8) is 0 Å². The van der Waals surface area contributed by atoms with Crippen LogP contribution in [-0.2, 0) is 0 Å². The quantitative estimate of drug-likeness (QED) is 0.707. The summed E-state index contributed by atoms with van der Waals surface area (Å²) in [5.74, 6) is 0.594. The number of aryl methyl sites for hydroxylation is 1. The molecular weight excluding hydrogens is 213 g/mol. The van der Waals surface area contributed by atoms with Crippen molar-refractivity contribution >= 4 is 11.8 Å². The molecule has 0 amide bonds. The zero-order valence-electron chi connectivity index (χ0n) is 7.68. The van der Waals surface area contributed by atoms with Gasteiger partial charge in [0.2, 0.25) is 0 Å². The Balaban J connectivity index is 2.87.